The number of hydrogen-bond donors (Lipinski definition) is 0. The standard InChI is InChI=1S/C18H23Cl2N/c1-2-3-6-16-8-5-12-21(14-16)11-4-7-15-9-10-17(19)18(20)13-15/h9-10,13,16H,2-3,5-6,8,11-12,14H2,1H3. The van der Waals surface area contributed by atoms with Gasteiger partial charge in [-0.15, -0.1) is 0 Å². The van der Waals surface area contributed by atoms with Crippen molar-refractivity contribution in [2.75, 3.05) is 19.6 Å². The summed E-state index contributed by atoms with van der Waals surface area (Å²) in [5.41, 5.74) is 0.934. The number of piperidine rings is 1. The third kappa shape index (κ3) is 5.55. The Morgan fingerprint density at radius 3 is 2.90 bits per heavy atom. The van der Waals surface area contributed by atoms with Crippen LogP contribution in [-0.4, -0.2) is 24.5 Å². The molecule has 1 fully saturated rings. The van der Waals surface area contributed by atoms with Gasteiger partial charge in [0, 0.05) is 12.1 Å². The van der Waals surface area contributed by atoms with E-state index in [2.05, 4.69) is 23.7 Å². The summed E-state index contributed by atoms with van der Waals surface area (Å²) < 4.78 is 0. The van der Waals surface area contributed by atoms with E-state index in [1.54, 1.807) is 6.07 Å². The minimum atomic E-state index is 0.570. The number of halogens is 2. The molecule has 114 valence electrons. The van der Waals surface area contributed by atoms with Crippen LogP contribution in [0.5, 0.6) is 0 Å². The van der Waals surface area contributed by atoms with E-state index in [0.29, 0.717) is 10.0 Å². The molecule has 0 amide bonds. The number of hydrogen-bond acceptors (Lipinski definition) is 1. The largest absolute Gasteiger partial charge is 0.292 e. The summed E-state index contributed by atoms with van der Waals surface area (Å²) >= 11 is 11.9. The molecule has 0 spiro atoms. The summed E-state index contributed by atoms with van der Waals surface area (Å²) in [5, 5.41) is 1.15. The number of likely N-dealkylation sites (tertiary alicyclic amines) is 1. The van der Waals surface area contributed by atoms with Crippen molar-refractivity contribution >= 4 is 23.2 Å². The zero-order valence-electron chi connectivity index (χ0n) is 12.7. The first-order valence-electron chi connectivity index (χ1n) is 7.85. The van der Waals surface area contributed by atoms with Crippen molar-refractivity contribution in [3.8, 4) is 11.8 Å². The highest BCUT2D eigenvalue weighted by molar-refractivity contribution is 6.42. The van der Waals surface area contributed by atoms with Gasteiger partial charge in [0.15, 0.2) is 0 Å². The quantitative estimate of drug-likeness (QED) is 0.684. The van der Waals surface area contributed by atoms with Gasteiger partial charge >= 0.3 is 0 Å². The highest BCUT2D eigenvalue weighted by Crippen LogP contribution is 2.22. The molecule has 1 atom stereocenters. The Morgan fingerprint density at radius 2 is 2.14 bits per heavy atom. The molecule has 0 aromatic heterocycles. The molecule has 1 aromatic carbocycles. The van der Waals surface area contributed by atoms with Crippen LogP contribution in [0.1, 0.15) is 44.6 Å². The van der Waals surface area contributed by atoms with Crippen LogP contribution in [0.2, 0.25) is 10.0 Å². The average Bonchev–Trinajstić information content (AvgIpc) is 2.49. The Morgan fingerprint density at radius 1 is 1.29 bits per heavy atom. The molecule has 0 N–H and O–H groups in total. The van der Waals surface area contributed by atoms with Crippen LogP contribution in [0.4, 0.5) is 0 Å². The fourth-order valence-corrected chi connectivity index (χ4v) is 3.15. The molecule has 0 saturated carbocycles. The molecule has 2 rings (SSSR count). The third-order valence-corrected chi connectivity index (χ3v) is 4.76. The van der Waals surface area contributed by atoms with E-state index in [1.165, 1.54) is 45.2 Å². The van der Waals surface area contributed by atoms with Gasteiger partial charge in [-0.05, 0) is 49.9 Å². The third-order valence-electron chi connectivity index (χ3n) is 4.02. The average molecular weight is 324 g/mol. The minimum absolute atomic E-state index is 0.570. The van der Waals surface area contributed by atoms with Gasteiger partial charge in [-0.25, -0.2) is 0 Å². The first kappa shape index (κ1) is 16.7. The van der Waals surface area contributed by atoms with Gasteiger partial charge in [-0.1, -0.05) is 54.8 Å². The van der Waals surface area contributed by atoms with Gasteiger partial charge in [-0.2, -0.15) is 0 Å². The van der Waals surface area contributed by atoms with Crippen molar-refractivity contribution in [1.29, 1.82) is 0 Å². The van der Waals surface area contributed by atoms with E-state index in [0.717, 1.165) is 18.0 Å². The Labute approximate surface area is 138 Å². The van der Waals surface area contributed by atoms with E-state index in [4.69, 9.17) is 23.2 Å². The lowest BCUT2D eigenvalue weighted by Gasteiger charge is -2.31. The van der Waals surface area contributed by atoms with Gasteiger partial charge in [0.05, 0.1) is 16.6 Å². The number of unbranched alkanes of at least 4 members (excludes halogenated alkanes) is 1. The Balaban J connectivity index is 1.85. The number of rotatable bonds is 4. The summed E-state index contributed by atoms with van der Waals surface area (Å²) in [4.78, 5) is 2.48. The molecule has 0 bridgehead atoms. The maximum Gasteiger partial charge on any atom is 0.0605 e. The van der Waals surface area contributed by atoms with Crippen molar-refractivity contribution in [1.82, 2.24) is 4.90 Å². The minimum Gasteiger partial charge on any atom is -0.292 e. The van der Waals surface area contributed by atoms with Crippen molar-refractivity contribution < 1.29 is 0 Å². The van der Waals surface area contributed by atoms with Crippen LogP contribution in [0.3, 0.4) is 0 Å². The molecule has 1 heterocycles. The molecular formula is C18H23Cl2N. The maximum atomic E-state index is 6.00. The fraction of sp³-hybridized carbons (Fsp3) is 0.556. The van der Waals surface area contributed by atoms with Gasteiger partial charge in [-0.3, -0.25) is 4.90 Å². The molecule has 21 heavy (non-hydrogen) atoms. The smallest absolute Gasteiger partial charge is 0.0605 e. The lowest BCUT2D eigenvalue weighted by Crippen LogP contribution is -2.35. The lowest BCUT2D eigenvalue weighted by molar-refractivity contribution is 0.184. The molecule has 0 radical (unpaired) electrons. The summed E-state index contributed by atoms with van der Waals surface area (Å²) in [6, 6.07) is 5.55. The maximum absolute atomic E-state index is 6.00. The molecule has 1 saturated heterocycles. The SMILES string of the molecule is CCCCC1CCCN(CC#Cc2ccc(Cl)c(Cl)c2)C1. The molecule has 1 nitrogen and oxygen atoms in total. The monoisotopic (exact) mass is 323 g/mol. The van der Waals surface area contributed by atoms with Gasteiger partial charge in [0.2, 0.25) is 0 Å². The van der Waals surface area contributed by atoms with E-state index in [-0.39, 0.29) is 0 Å². The number of nitrogens with zero attached hydrogens (tertiary/aromatic N) is 1. The van der Waals surface area contributed by atoms with E-state index in [1.807, 2.05) is 12.1 Å². The molecule has 1 aliphatic heterocycles. The Kier molecular flexibility index (Phi) is 6.90. The second-order valence-electron chi connectivity index (χ2n) is 5.82. The second-order valence-corrected chi connectivity index (χ2v) is 6.63. The highest BCUT2D eigenvalue weighted by Gasteiger charge is 2.18. The molecule has 1 aromatic rings. The number of benzene rings is 1. The topological polar surface area (TPSA) is 3.24 Å². The lowest BCUT2D eigenvalue weighted by atomic mass is 9.93. The summed E-state index contributed by atoms with van der Waals surface area (Å²) in [7, 11) is 0. The molecule has 1 unspecified atom stereocenters. The van der Waals surface area contributed by atoms with Crippen LogP contribution >= 0.6 is 23.2 Å². The fourth-order valence-electron chi connectivity index (χ4n) is 2.85. The van der Waals surface area contributed by atoms with Crippen LogP contribution in [0.15, 0.2) is 18.2 Å². The van der Waals surface area contributed by atoms with E-state index in [9.17, 15) is 0 Å². The predicted octanol–water partition coefficient (Wildman–Crippen LogP) is 5.25. The first-order chi connectivity index (χ1) is 10.2. The van der Waals surface area contributed by atoms with Gasteiger partial charge in [0.25, 0.3) is 0 Å². The van der Waals surface area contributed by atoms with Gasteiger partial charge < -0.3 is 0 Å². The molecule has 0 aliphatic carbocycles. The van der Waals surface area contributed by atoms with Crippen molar-refractivity contribution in [3.63, 3.8) is 0 Å². The summed E-state index contributed by atoms with van der Waals surface area (Å²) in [5.74, 6) is 7.32. The zero-order chi connectivity index (χ0) is 15.1. The molecule has 1 aliphatic rings. The van der Waals surface area contributed by atoms with Crippen LogP contribution in [0, 0.1) is 17.8 Å². The Hall–Kier alpha value is -0.680. The normalized spacial score (nSPS) is 19.1. The predicted molar refractivity (Wildman–Crippen MR) is 92.0 cm³/mol. The molecule has 3 heteroatoms. The zero-order valence-corrected chi connectivity index (χ0v) is 14.2. The van der Waals surface area contributed by atoms with Crippen molar-refractivity contribution in [2.45, 2.75) is 39.0 Å². The van der Waals surface area contributed by atoms with E-state index < -0.39 is 0 Å². The first-order valence-corrected chi connectivity index (χ1v) is 8.61. The highest BCUT2D eigenvalue weighted by atomic mass is 35.5. The van der Waals surface area contributed by atoms with Gasteiger partial charge in [0.1, 0.15) is 0 Å². The molecular weight excluding hydrogens is 301 g/mol. The van der Waals surface area contributed by atoms with Crippen LogP contribution in [-0.2, 0) is 0 Å². The second kappa shape index (κ2) is 8.69. The van der Waals surface area contributed by atoms with Crippen LogP contribution in [0.25, 0.3) is 0 Å². The Bertz CT molecular complexity index is 516. The summed E-state index contributed by atoms with van der Waals surface area (Å²) in [6.07, 6.45) is 6.72. The van der Waals surface area contributed by atoms with E-state index >= 15 is 0 Å². The summed E-state index contributed by atoms with van der Waals surface area (Å²) in [6.45, 7) is 5.50. The van der Waals surface area contributed by atoms with Crippen LogP contribution < -0.4 is 0 Å². The van der Waals surface area contributed by atoms with Crippen molar-refractivity contribution in [3.05, 3.63) is 33.8 Å². The van der Waals surface area contributed by atoms with Crippen molar-refractivity contribution in [2.24, 2.45) is 5.92 Å².